The molecule has 2 atom stereocenters. The maximum absolute atomic E-state index is 15.1. The van der Waals surface area contributed by atoms with E-state index in [1.807, 2.05) is 43.1 Å². The van der Waals surface area contributed by atoms with Crippen LogP contribution in [0, 0.1) is 6.92 Å². The Morgan fingerprint density at radius 1 is 1.31 bits per heavy atom. The van der Waals surface area contributed by atoms with Crippen LogP contribution in [0.1, 0.15) is 28.0 Å². The topological polar surface area (TPSA) is 83.7 Å². The Balaban J connectivity index is 1.29. The Morgan fingerprint density at radius 2 is 2.16 bits per heavy atom. The Bertz CT molecular complexity index is 1180. The standard InChI is InChI=1S/C23H26FN5O3/c1-14-9-17-19(13-29(7-8-30)23(17)31)26-22(14)28-6-5-21(18(24)12-28)32-16-3-4-20-15(10-16)11-25-27(20)2/h3-4,9-11,18,21,30H,5-8,12-13H2,1-2H3/t18-,21?/m1/s1. The number of ether oxygens (including phenoxy) is 1. The molecule has 0 spiro atoms. The zero-order chi connectivity index (χ0) is 22.4. The second-order valence-corrected chi connectivity index (χ2v) is 8.47. The van der Waals surface area contributed by atoms with E-state index < -0.39 is 12.3 Å². The highest BCUT2D eigenvalue weighted by atomic mass is 19.1. The van der Waals surface area contributed by atoms with Gasteiger partial charge in [0.25, 0.3) is 5.91 Å². The number of piperidine rings is 1. The van der Waals surface area contributed by atoms with Crippen LogP contribution < -0.4 is 9.64 Å². The van der Waals surface area contributed by atoms with Gasteiger partial charge in [-0.1, -0.05) is 0 Å². The van der Waals surface area contributed by atoms with E-state index >= 15 is 4.39 Å². The van der Waals surface area contributed by atoms with E-state index in [0.29, 0.717) is 42.3 Å². The van der Waals surface area contributed by atoms with Crippen LogP contribution in [0.5, 0.6) is 5.75 Å². The number of alkyl halides is 1. The largest absolute Gasteiger partial charge is 0.487 e. The number of aromatic nitrogens is 3. The summed E-state index contributed by atoms with van der Waals surface area (Å²) in [5, 5.41) is 14.4. The summed E-state index contributed by atoms with van der Waals surface area (Å²) in [7, 11) is 1.88. The summed E-state index contributed by atoms with van der Waals surface area (Å²) in [6.45, 7) is 3.25. The molecule has 2 aliphatic rings. The number of β-amino-alcohol motifs (C(OH)–C–C–N with tert-alkyl or cyclic N) is 1. The maximum Gasteiger partial charge on any atom is 0.256 e. The third-order valence-electron chi connectivity index (χ3n) is 6.28. The first-order valence-corrected chi connectivity index (χ1v) is 10.8. The molecule has 8 nitrogen and oxygen atoms in total. The number of fused-ring (bicyclic) bond motifs is 2. The van der Waals surface area contributed by atoms with Gasteiger partial charge in [-0.15, -0.1) is 0 Å². The molecular weight excluding hydrogens is 413 g/mol. The number of aryl methyl sites for hydroxylation is 2. The lowest BCUT2D eigenvalue weighted by Crippen LogP contribution is -2.47. The van der Waals surface area contributed by atoms with Gasteiger partial charge in [-0.25, -0.2) is 9.37 Å². The third-order valence-corrected chi connectivity index (χ3v) is 6.28. The average Bonchev–Trinajstić information content (AvgIpc) is 3.29. The van der Waals surface area contributed by atoms with Gasteiger partial charge in [-0.05, 0) is 36.8 Å². The molecule has 9 heteroatoms. The number of rotatable bonds is 5. The van der Waals surface area contributed by atoms with Crippen molar-refractivity contribution in [2.45, 2.75) is 32.2 Å². The molecular formula is C23H26FN5O3. The number of nitrogens with zero attached hydrogens (tertiary/aromatic N) is 5. The average molecular weight is 439 g/mol. The monoisotopic (exact) mass is 439 g/mol. The first-order chi connectivity index (χ1) is 15.4. The van der Waals surface area contributed by atoms with Crippen molar-refractivity contribution in [3.05, 3.63) is 47.3 Å². The SMILES string of the molecule is Cc1cc2c(nc1N1CCC(Oc3ccc4c(cnn4C)c3)[C@H](F)C1)CN(CCO)C2=O. The van der Waals surface area contributed by atoms with E-state index in [-0.39, 0.29) is 25.6 Å². The summed E-state index contributed by atoms with van der Waals surface area (Å²) in [4.78, 5) is 20.7. The molecule has 1 amide bonds. The van der Waals surface area contributed by atoms with Crippen molar-refractivity contribution in [2.24, 2.45) is 7.05 Å². The molecule has 5 rings (SSSR count). The summed E-state index contributed by atoms with van der Waals surface area (Å²) in [5.74, 6) is 1.23. The zero-order valence-electron chi connectivity index (χ0n) is 18.2. The van der Waals surface area contributed by atoms with Crippen molar-refractivity contribution >= 4 is 22.6 Å². The van der Waals surface area contributed by atoms with Crippen LogP contribution in [0.15, 0.2) is 30.5 Å². The summed E-state index contributed by atoms with van der Waals surface area (Å²) in [5.41, 5.74) is 3.10. The molecule has 1 unspecified atom stereocenters. The van der Waals surface area contributed by atoms with E-state index in [1.165, 1.54) is 0 Å². The lowest BCUT2D eigenvalue weighted by Gasteiger charge is -2.36. The predicted molar refractivity (Wildman–Crippen MR) is 118 cm³/mol. The van der Waals surface area contributed by atoms with E-state index in [2.05, 4.69) is 5.10 Å². The molecule has 3 aromatic rings. The fraction of sp³-hybridized carbons (Fsp3) is 0.435. The van der Waals surface area contributed by atoms with Gasteiger partial charge in [-0.2, -0.15) is 5.10 Å². The summed E-state index contributed by atoms with van der Waals surface area (Å²) in [6.07, 6.45) is 0.596. The van der Waals surface area contributed by atoms with Crippen molar-refractivity contribution in [1.82, 2.24) is 19.7 Å². The number of hydrogen-bond acceptors (Lipinski definition) is 6. The van der Waals surface area contributed by atoms with Gasteiger partial charge in [0.2, 0.25) is 0 Å². The minimum absolute atomic E-state index is 0.0870. The molecule has 0 saturated carbocycles. The van der Waals surface area contributed by atoms with E-state index in [9.17, 15) is 4.79 Å². The second-order valence-electron chi connectivity index (χ2n) is 8.47. The molecule has 1 fully saturated rings. The molecule has 1 aromatic carbocycles. The molecule has 2 aromatic heterocycles. The second kappa shape index (κ2) is 8.05. The summed E-state index contributed by atoms with van der Waals surface area (Å²) >= 11 is 0. The lowest BCUT2D eigenvalue weighted by molar-refractivity contribution is 0.0745. The van der Waals surface area contributed by atoms with Crippen LogP contribution in [0.25, 0.3) is 10.9 Å². The lowest BCUT2D eigenvalue weighted by atomic mass is 10.0. The highest BCUT2D eigenvalue weighted by Gasteiger charge is 2.34. The highest BCUT2D eigenvalue weighted by Crippen LogP contribution is 2.31. The normalized spacial score (nSPS) is 20.8. The molecule has 1 N–H and O–H groups in total. The van der Waals surface area contributed by atoms with E-state index in [0.717, 1.165) is 16.5 Å². The minimum Gasteiger partial charge on any atom is -0.487 e. The number of benzene rings is 1. The smallest absolute Gasteiger partial charge is 0.256 e. The van der Waals surface area contributed by atoms with Crippen LogP contribution in [-0.4, -0.2) is 69.2 Å². The van der Waals surface area contributed by atoms with Crippen molar-refractivity contribution in [1.29, 1.82) is 0 Å². The summed E-state index contributed by atoms with van der Waals surface area (Å²) < 4.78 is 22.9. The molecule has 0 bridgehead atoms. The van der Waals surface area contributed by atoms with Crippen LogP contribution in [0.2, 0.25) is 0 Å². The van der Waals surface area contributed by atoms with Gasteiger partial charge < -0.3 is 19.6 Å². The van der Waals surface area contributed by atoms with E-state index in [4.69, 9.17) is 14.8 Å². The number of aliphatic hydroxyl groups excluding tert-OH is 1. The van der Waals surface area contributed by atoms with Gasteiger partial charge in [0, 0.05) is 31.9 Å². The maximum atomic E-state index is 15.1. The van der Waals surface area contributed by atoms with Gasteiger partial charge in [0.1, 0.15) is 17.7 Å². The van der Waals surface area contributed by atoms with Crippen molar-refractivity contribution in [3.8, 4) is 5.75 Å². The molecule has 32 heavy (non-hydrogen) atoms. The van der Waals surface area contributed by atoms with Crippen molar-refractivity contribution in [2.75, 3.05) is 31.1 Å². The van der Waals surface area contributed by atoms with Gasteiger partial charge in [0.05, 0.1) is 42.7 Å². The number of anilines is 1. The number of pyridine rings is 1. The van der Waals surface area contributed by atoms with Crippen LogP contribution in [0.3, 0.4) is 0 Å². The Labute approximate surface area is 185 Å². The number of aliphatic hydroxyl groups is 1. The van der Waals surface area contributed by atoms with Crippen LogP contribution in [-0.2, 0) is 13.6 Å². The number of carbonyl (C=O) groups is 1. The van der Waals surface area contributed by atoms with Crippen LogP contribution >= 0.6 is 0 Å². The molecule has 4 heterocycles. The molecule has 2 aliphatic heterocycles. The first kappa shape index (κ1) is 20.7. The molecule has 168 valence electrons. The van der Waals surface area contributed by atoms with Crippen molar-refractivity contribution in [3.63, 3.8) is 0 Å². The third kappa shape index (κ3) is 3.56. The predicted octanol–water partition coefficient (Wildman–Crippen LogP) is 2.22. The fourth-order valence-corrected chi connectivity index (χ4v) is 4.59. The number of amides is 1. The number of carbonyl (C=O) groups excluding carboxylic acids is 1. The van der Waals surface area contributed by atoms with Gasteiger partial charge >= 0.3 is 0 Å². The minimum atomic E-state index is -1.17. The van der Waals surface area contributed by atoms with E-state index in [1.54, 1.807) is 15.8 Å². The van der Waals surface area contributed by atoms with Crippen molar-refractivity contribution < 1.29 is 19.0 Å². The first-order valence-electron chi connectivity index (χ1n) is 10.8. The van der Waals surface area contributed by atoms with Crippen LogP contribution in [0.4, 0.5) is 10.2 Å². The molecule has 1 saturated heterocycles. The number of hydrogen-bond donors (Lipinski definition) is 1. The summed E-state index contributed by atoms with van der Waals surface area (Å²) in [6, 6.07) is 7.50. The zero-order valence-corrected chi connectivity index (χ0v) is 18.2. The Kier molecular flexibility index (Phi) is 5.21. The fourth-order valence-electron chi connectivity index (χ4n) is 4.59. The Hall–Kier alpha value is -3.20. The molecule has 0 radical (unpaired) electrons. The quantitative estimate of drug-likeness (QED) is 0.656. The van der Waals surface area contributed by atoms with Gasteiger partial charge in [-0.3, -0.25) is 9.48 Å². The highest BCUT2D eigenvalue weighted by molar-refractivity contribution is 5.98. The Morgan fingerprint density at radius 3 is 2.94 bits per heavy atom. The molecule has 0 aliphatic carbocycles. The number of halogens is 1. The van der Waals surface area contributed by atoms with Gasteiger partial charge in [0.15, 0.2) is 6.17 Å².